The Bertz CT molecular complexity index is 1130. The number of methoxy groups -OCH3 is 1. The predicted octanol–water partition coefficient (Wildman–Crippen LogP) is 5.81. The molecule has 4 rings (SSSR count). The summed E-state index contributed by atoms with van der Waals surface area (Å²) in [7, 11) is 1.61. The molecular formula is C24H24FNO3. The quantitative estimate of drug-likeness (QED) is 0.569. The number of nitrogens with one attached hydrogen (secondary N) is 1. The molecule has 1 aliphatic rings. The molecule has 0 radical (unpaired) electrons. The number of hydrogen-bond acceptors (Lipinski definition) is 3. The summed E-state index contributed by atoms with van der Waals surface area (Å²) in [5.74, 6) is 1.06. The van der Waals surface area contributed by atoms with E-state index < -0.39 is 0 Å². The summed E-state index contributed by atoms with van der Waals surface area (Å²) in [6.07, 6.45) is 5.79. The largest absolute Gasteiger partial charge is 0.496 e. The minimum absolute atomic E-state index is 0.317. The Hall–Kier alpha value is -3.08. The molecule has 0 saturated heterocycles. The van der Waals surface area contributed by atoms with Gasteiger partial charge in [-0.25, -0.2) is 4.39 Å². The maximum absolute atomic E-state index is 13.7. The van der Waals surface area contributed by atoms with Gasteiger partial charge in [0.05, 0.1) is 7.11 Å². The van der Waals surface area contributed by atoms with Crippen molar-refractivity contribution in [2.45, 2.75) is 39.5 Å². The van der Waals surface area contributed by atoms with Gasteiger partial charge in [0.15, 0.2) is 0 Å². The number of hydrogen-bond donors (Lipinski definition) is 1. The lowest BCUT2D eigenvalue weighted by Crippen LogP contribution is -2.09. The van der Waals surface area contributed by atoms with Gasteiger partial charge < -0.3 is 14.5 Å². The van der Waals surface area contributed by atoms with E-state index in [1.807, 2.05) is 19.1 Å². The first kappa shape index (κ1) is 19.2. The van der Waals surface area contributed by atoms with E-state index in [1.165, 1.54) is 17.7 Å². The zero-order valence-electron chi connectivity index (χ0n) is 16.9. The standard InChI is InChI=1S/C24H24FNO3/c1-14-8-9-16(11-20(14)25)26-24(27)10-15(2)18-12-19-17-6-4-5-7-21(17)29-23(19)13-22(18)28-3/h8-13H,4-7H2,1-3H3,(H,26,27)/b15-10+. The molecule has 3 aromatic rings. The van der Waals surface area contributed by atoms with E-state index in [4.69, 9.17) is 9.15 Å². The number of carbonyl (C=O) groups is 1. The van der Waals surface area contributed by atoms with Crippen LogP contribution in [0.4, 0.5) is 10.1 Å². The molecule has 1 amide bonds. The lowest BCUT2D eigenvalue weighted by molar-refractivity contribution is -0.111. The molecule has 0 bridgehead atoms. The number of anilines is 1. The van der Waals surface area contributed by atoms with Gasteiger partial charge in [0, 0.05) is 40.8 Å². The van der Waals surface area contributed by atoms with Gasteiger partial charge in [-0.3, -0.25) is 4.79 Å². The van der Waals surface area contributed by atoms with Crippen LogP contribution in [0.5, 0.6) is 5.75 Å². The zero-order valence-corrected chi connectivity index (χ0v) is 16.9. The third-order valence-electron chi connectivity index (χ3n) is 5.49. The highest BCUT2D eigenvalue weighted by molar-refractivity contribution is 6.04. The van der Waals surface area contributed by atoms with E-state index in [0.717, 1.165) is 53.5 Å². The van der Waals surface area contributed by atoms with Crippen LogP contribution >= 0.6 is 0 Å². The second kappa shape index (κ2) is 7.74. The number of benzene rings is 2. The van der Waals surface area contributed by atoms with Crippen molar-refractivity contribution in [1.29, 1.82) is 0 Å². The number of allylic oxidation sites excluding steroid dienone is 1. The van der Waals surface area contributed by atoms with Gasteiger partial charge in [-0.2, -0.15) is 0 Å². The molecule has 0 spiro atoms. The molecule has 150 valence electrons. The summed E-state index contributed by atoms with van der Waals surface area (Å²) < 4.78 is 25.3. The van der Waals surface area contributed by atoms with Gasteiger partial charge in [0.2, 0.25) is 5.91 Å². The van der Waals surface area contributed by atoms with Crippen molar-refractivity contribution in [1.82, 2.24) is 0 Å². The Balaban J connectivity index is 1.66. The maximum atomic E-state index is 13.7. The molecule has 0 fully saturated rings. The van der Waals surface area contributed by atoms with Crippen LogP contribution in [0, 0.1) is 12.7 Å². The monoisotopic (exact) mass is 393 g/mol. The summed E-state index contributed by atoms with van der Waals surface area (Å²) in [4.78, 5) is 12.5. The minimum atomic E-state index is -0.347. The second-order valence-electron chi connectivity index (χ2n) is 7.54. The Morgan fingerprint density at radius 1 is 1.21 bits per heavy atom. The number of halogens is 1. The highest BCUT2D eigenvalue weighted by Gasteiger charge is 2.20. The van der Waals surface area contributed by atoms with Crippen LogP contribution < -0.4 is 10.1 Å². The first-order chi connectivity index (χ1) is 14.0. The SMILES string of the molecule is COc1cc2oc3c(c2cc1/C(C)=C/C(=O)Nc1ccc(C)c(F)c1)CCCC3. The number of fused-ring (bicyclic) bond motifs is 3. The van der Waals surface area contributed by atoms with Crippen LogP contribution in [-0.2, 0) is 17.6 Å². The average Bonchev–Trinajstić information content (AvgIpc) is 3.07. The van der Waals surface area contributed by atoms with Crippen molar-refractivity contribution in [2.24, 2.45) is 0 Å². The summed E-state index contributed by atoms with van der Waals surface area (Å²) in [6.45, 7) is 3.55. The van der Waals surface area contributed by atoms with E-state index >= 15 is 0 Å². The van der Waals surface area contributed by atoms with Crippen molar-refractivity contribution in [3.8, 4) is 5.75 Å². The van der Waals surface area contributed by atoms with Crippen LogP contribution in [0.25, 0.3) is 16.5 Å². The number of ether oxygens (including phenoxy) is 1. The van der Waals surface area contributed by atoms with E-state index in [0.29, 0.717) is 17.0 Å². The van der Waals surface area contributed by atoms with E-state index in [-0.39, 0.29) is 11.7 Å². The second-order valence-corrected chi connectivity index (χ2v) is 7.54. The van der Waals surface area contributed by atoms with Gasteiger partial charge in [-0.1, -0.05) is 6.07 Å². The van der Waals surface area contributed by atoms with Crippen molar-refractivity contribution < 1.29 is 18.3 Å². The molecule has 1 N–H and O–H groups in total. The molecule has 1 aromatic heterocycles. The molecular weight excluding hydrogens is 369 g/mol. The minimum Gasteiger partial charge on any atom is -0.496 e. The number of carbonyl (C=O) groups excluding carboxylic acids is 1. The summed E-state index contributed by atoms with van der Waals surface area (Å²) >= 11 is 0. The Morgan fingerprint density at radius 2 is 2.00 bits per heavy atom. The Kier molecular flexibility index (Phi) is 5.14. The van der Waals surface area contributed by atoms with Gasteiger partial charge in [-0.05, 0) is 62.4 Å². The molecule has 29 heavy (non-hydrogen) atoms. The zero-order chi connectivity index (χ0) is 20.5. The topological polar surface area (TPSA) is 51.5 Å². The molecule has 0 unspecified atom stereocenters. The Labute approximate surface area is 169 Å². The van der Waals surface area contributed by atoms with E-state index in [2.05, 4.69) is 5.32 Å². The third kappa shape index (κ3) is 3.77. The molecule has 2 aromatic carbocycles. The predicted molar refractivity (Wildman–Crippen MR) is 113 cm³/mol. The van der Waals surface area contributed by atoms with Crippen molar-refractivity contribution >= 4 is 28.1 Å². The van der Waals surface area contributed by atoms with Crippen LogP contribution in [0.15, 0.2) is 40.8 Å². The molecule has 5 heteroatoms. The summed E-state index contributed by atoms with van der Waals surface area (Å²) in [5.41, 5.74) is 4.66. The van der Waals surface area contributed by atoms with E-state index in [9.17, 15) is 9.18 Å². The van der Waals surface area contributed by atoms with Crippen LogP contribution in [0.2, 0.25) is 0 Å². The van der Waals surface area contributed by atoms with Crippen LogP contribution in [0.1, 0.15) is 42.2 Å². The highest BCUT2D eigenvalue weighted by atomic mass is 19.1. The number of rotatable bonds is 4. The first-order valence-electron chi connectivity index (χ1n) is 9.84. The fraction of sp³-hybridized carbons (Fsp3) is 0.292. The van der Waals surface area contributed by atoms with Gasteiger partial charge in [-0.15, -0.1) is 0 Å². The molecule has 0 saturated carbocycles. The fourth-order valence-electron chi connectivity index (χ4n) is 3.89. The van der Waals surface area contributed by atoms with E-state index in [1.54, 1.807) is 26.2 Å². The molecule has 4 nitrogen and oxygen atoms in total. The lowest BCUT2D eigenvalue weighted by atomic mass is 9.94. The molecule has 1 heterocycles. The van der Waals surface area contributed by atoms with Gasteiger partial charge in [0.1, 0.15) is 22.9 Å². The van der Waals surface area contributed by atoms with Crippen molar-refractivity contribution in [3.63, 3.8) is 0 Å². The third-order valence-corrected chi connectivity index (χ3v) is 5.49. The van der Waals surface area contributed by atoms with Crippen molar-refractivity contribution in [3.05, 3.63) is 64.7 Å². The Morgan fingerprint density at radius 3 is 2.76 bits per heavy atom. The highest BCUT2D eigenvalue weighted by Crippen LogP contribution is 2.37. The molecule has 0 atom stereocenters. The smallest absolute Gasteiger partial charge is 0.248 e. The average molecular weight is 393 g/mol. The van der Waals surface area contributed by atoms with Crippen LogP contribution in [0.3, 0.4) is 0 Å². The normalized spacial score (nSPS) is 14.0. The lowest BCUT2D eigenvalue weighted by Gasteiger charge is -2.11. The van der Waals surface area contributed by atoms with Crippen LogP contribution in [-0.4, -0.2) is 13.0 Å². The van der Waals surface area contributed by atoms with Crippen molar-refractivity contribution in [2.75, 3.05) is 12.4 Å². The number of amides is 1. The summed E-state index contributed by atoms with van der Waals surface area (Å²) in [5, 5.41) is 3.80. The number of furan rings is 1. The maximum Gasteiger partial charge on any atom is 0.248 e. The van der Waals surface area contributed by atoms with Gasteiger partial charge >= 0.3 is 0 Å². The first-order valence-corrected chi connectivity index (χ1v) is 9.84. The molecule has 0 aliphatic heterocycles. The fourth-order valence-corrected chi connectivity index (χ4v) is 3.89. The molecule has 1 aliphatic carbocycles. The number of aryl methyl sites for hydroxylation is 3. The summed E-state index contributed by atoms with van der Waals surface area (Å²) in [6, 6.07) is 8.59. The van der Waals surface area contributed by atoms with Gasteiger partial charge in [0.25, 0.3) is 0 Å².